The van der Waals surface area contributed by atoms with Gasteiger partial charge in [0.1, 0.15) is 0 Å². The second kappa shape index (κ2) is 7.07. The summed E-state index contributed by atoms with van der Waals surface area (Å²) >= 11 is 0. The maximum atomic E-state index is 11.5. The maximum Gasteiger partial charge on any atom is 0.335 e. The fraction of sp³-hybridized carbons (Fsp3) is 0.316. The molecule has 0 spiro atoms. The molecule has 2 heteroatoms. The summed E-state index contributed by atoms with van der Waals surface area (Å²) < 4.78 is 0. The van der Waals surface area contributed by atoms with Crippen LogP contribution in [0.15, 0.2) is 48.5 Å². The van der Waals surface area contributed by atoms with Crippen molar-refractivity contribution in [2.45, 2.75) is 39.0 Å². The Labute approximate surface area is 126 Å². The van der Waals surface area contributed by atoms with Crippen molar-refractivity contribution in [1.82, 2.24) is 0 Å². The fourth-order valence-corrected chi connectivity index (χ4v) is 2.73. The smallest absolute Gasteiger partial charge is 0.335 e. The molecule has 0 saturated carbocycles. The second-order valence-electron chi connectivity index (χ2n) is 5.48. The van der Waals surface area contributed by atoms with Crippen molar-refractivity contribution in [3.8, 4) is 0 Å². The highest BCUT2D eigenvalue weighted by Gasteiger charge is 2.18. The summed E-state index contributed by atoms with van der Waals surface area (Å²) in [6.45, 7) is 4.21. The van der Waals surface area contributed by atoms with E-state index in [0.29, 0.717) is 5.56 Å². The van der Waals surface area contributed by atoms with Crippen molar-refractivity contribution in [2.75, 3.05) is 0 Å². The number of hydrogen-bond donors (Lipinski definition) is 1. The molecule has 1 unspecified atom stereocenters. The van der Waals surface area contributed by atoms with Gasteiger partial charge in [-0.3, -0.25) is 0 Å². The number of aryl methyl sites for hydroxylation is 2. The van der Waals surface area contributed by atoms with E-state index in [1.165, 1.54) is 5.56 Å². The minimum Gasteiger partial charge on any atom is -0.478 e. The average Bonchev–Trinajstić information content (AvgIpc) is 2.52. The summed E-state index contributed by atoms with van der Waals surface area (Å²) in [4.78, 5) is 11.5. The predicted molar refractivity (Wildman–Crippen MR) is 86.0 cm³/mol. The lowest BCUT2D eigenvalue weighted by Crippen LogP contribution is -2.09. The van der Waals surface area contributed by atoms with Crippen LogP contribution in [0.2, 0.25) is 0 Å². The molecule has 110 valence electrons. The lowest BCUT2D eigenvalue weighted by molar-refractivity contribution is 0.0695. The molecule has 2 rings (SSSR count). The van der Waals surface area contributed by atoms with Gasteiger partial charge in [-0.05, 0) is 47.9 Å². The largest absolute Gasteiger partial charge is 0.478 e. The van der Waals surface area contributed by atoms with Gasteiger partial charge in [-0.15, -0.1) is 0 Å². The van der Waals surface area contributed by atoms with Gasteiger partial charge in [0.2, 0.25) is 0 Å². The zero-order valence-corrected chi connectivity index (χ0v) is 12.7. The summed E-state index contributed by atoms with van der Waals surface area (Å²) in [5.74, 6) is -0.560. The van der Waals surface area contributed by atoms with Gasteiger partial charge in [-0.25, -0.2) is 4.79 Å². The van der Waals surface area contributed by atoms with Crippen LogP contribution >= 0.6 is 0 Å². The molecule has 0 saturated heterocycles. The molecule has 0 aliphatic carbocycles. The van der Waals surface area contributed by atoms with Crippen LogP contribution in [0.1, 0.15) is 53.2 Å². The summed E-state index contributed by atoms with van der Waals surface area (Å²) in [6, 6.07) is 16.0. The SMILES string of the molecule is CCC(C)c1c(CCc2ccccc2)cccc1C(=O)O. The number of rotatable bonds is 6. The number of carboxylic acid groups (broad SMARTS) is 1. The Morgan fingerprint density at radius 1 is 1.05 bits per heavy atom. The number of aromatic carboxylic acids is 1. The zero-order chi connectivity index (χ0) is 15.2. The second-order valence-corrected chi connectivity index (χ2v) is 5.48. The normalized spacial score (nSPS) is 12.1. The van der Waals surface area contributed by atoms with Crippen molar-refractivity contribution < 1.29 is 9.90 Å². The van der Waals surface area contributed by atoms with Crippen molar-refractivity contribution in [3.63, 3.8) is 0 Å². The number of benzene rings is 2. The summed E-state index contributed by atoms with van der Waals surface area (Å²) in [5.41, 5.74) is 3.90. The Balaban J connectivity index is 2.30. The molecule has 2 nitrogen and oxygen atoms in total. The number of carbonyl (C=O) groups is 1. The summed E-state index contributed by atoms with van der Waals surface area (Å²) in [5, 5.41) is 9.42. The van der Waals surface area contributed by atoms with Crippen molar-refractivity contribution in [3.05, 3.63) is 70.8 Å². The van der Waals surface area contributed by atoms with E-state index in [0.717, 1.165) is 30.4 Å². The van der Waals surface area contributed by atoms with E-state index in [4.69, 9.17) is 0 Å². The van der Waals surface area contributed by atoms with E-state index >= 15 is 0 Å². The van der Waals surface area contributed by atoms with Crippen LogP contribution in [0.4, 0.5) is 0 Å². The lowest BCUT2D eigenvalue weighted by atomic mass is 9.87. The molecule has 1 atom stereocenters. The Bertz CT molecular complexity index is 602. The third kappa shape index (κ3) is 3.72. The van der Waals surface area contributed by atoms with Crippen molar-refractivity contribution >= 4 is 5.97 Å². The molecule has 0 amide bonds. The standard InChI is InChI=1S/C19H22O2/c1-3-14(2)18-16(10-7-11-17(18)19(20)21)13-12-15-8-5-4-6-9-15/h4-11,14H,3,12-13H2,1-2H3,(H,20,21). The van der Waals surface area contributed by atoms with E-state index < -0.39 is 5.97 Å². The van der Waals surface area contributed by atoms with Gasteiger partial charge in [0.05, 0.1) is 5.56 Å². The Hall–Kier alpha value is -2.09. The fourth-order valence-electron chi connectivity index (χ4n) is 2.73. The third-order valence-corrected chi connectivity index (χ3v) is 4.06. The summed E-state index contributed by atoms with van der Waals surface area (Å²) in [6.07, 6.45) is 2.76. The van der Waals surface area contributed by atoms with E-state index in [9.17, 15) is 9.90 Å². The number of hydrogen-bond acceptors (Lipinski definition) is 1. The molecule has 0 radical (unpaired) electrons. The number of carboxylic acids is 1. The van der Waals surface area contributed by atoms with Crippen LogP contribution in [0.5, 0.6) is 0 Å². The molecular formula is C19H22O2. The monoisotopic (exact) mass is 282 g/mol. The first-order valence-corrected chi connectivity index (χ1v) is 7.52. The van der Waals surface area contributed by atoms with Crippen molar-refractivity contribution in [1.29, 1.82) is 0 Å². The highest BCUT2D eigenvalue weighted by molar-refractivity contribution is 5.90. The lowest BCUT2D eigenvalue weighted by Gasteiger charge is -2.18. The molecule has 0 heterocycles. The van der Waals surface area contributed by atoms with Gasteiger partial charge < -0.3 is 5.11 Å². The van der Waals surface area contributed by atoms with E-state index in [1.54, 1.807) is 6.07 Å². The van der Waals surface area contributed by atoms with Crippen LogP contribution in [-0.2, 0) is 12.8 Å². The van der Waals surface area contributed by atoms with Gasteiger partial charge >= 0.3 is 5.97 Å². The highest BCUT2D eigenvalue weighted by Crippen LogP contribution is 2.28. The quantitative estimate of drug-likeness (QED) is 0.835. The van der Waals surface area contributed by atoms with Gasteiger partial charge in [0.15, 0.2) is 0 Å². The first-order chi connectivity index (χ1) is 10.1. The molecular weight excluding hydrogens is 260 g/mol. The van der Waals surface area contributed by atoms with Crippen LogP contribution in [0.3, 0.4) is 0 Å². The van der Waals surface area contributed by atoms with Crippen LogP contribution in [0.25, 0.3) is 0 Å². The Morgan fingerprint density at radius 2 is 1.76 bits per heavy atom. The van der Waals surface area contributed by atoms with E-state index in [2.05, 4.69) is 32.0 Å². The van der Waals surface area contributed by atoms with Gasteiger partial charge in [-0.1, -0.05) is 56.3 Å². The minimum absolute atomic E-state index is 0.267. The molecule has 0 aromatic heterocycles. The van der Waals surface area contributed by atoms with Gasteiger partial charge in [0.25, 0.3) is 0 Å². The highest BCUT2D eigenvalue weighted by atomic mass is 16.4. The molecule has 0 fully saturated rings. The first kappa shape index (κ1) is 15.3. The molecule has 0 aliphatic rings. The average molecular weight is 282 g/mol. The van der Waals surface area contributed by atoms with Crippen LogP contribution < -0.4 is 0 Å². The third-order valence-electron chi connectivity index (χ3n) is 4.06. The van der Waals surface area contributed by atoms with Crippen molar-refractivity contribution in [2.24, 2.45) is 0 Å². The van der Waals surface area contributed by atoms with E-state index in [1.807, 2.05) is 24.3 Å². The topological polar surface area (TPSA) is 37.3 Å². The predicted octanol–water partition coefficient (Wildman–Crippen LogP) is 4.68. The first-order valence-electron chi connectivity index (χ1n) is 7.52. The van der Waals surface area contributed by atoms with Gasteiger partial charge in [0, 0.05) is 0 Å². The molecule has 2 aromatic rings. The Morgan fingerprint density at radius 3 is 2.38 bits per heavy atom. The zero-order valence-electron chi connectivity index (χ0n) is 12.7. The molecule has 0 aliphatic heterocycles. The Kier molecular flexibility index (Phi) is 5.15. The van der Waals surface area contributed by atoms with Crippen LogP contribution in [-0.4, -0.2) is 11.1 Å². The maximum absolute atomic E-state index is 11.5. The minimum atomic E-state index is -0.827. The molecule has 2 aromatic carbocycles. The molecule has 1 N–H and O–H groups in total. The molecule has 21 heavy (non-hydrogen) atoms. The van der Waals surface area contributed by atoms with Crippen LogP contribution in [0, 0.1) is 0 Å². The molecule has 0 bridgehead atoms. The summed E-state index contributed by atoms with van der Waals surface area (Å²) in [7, 11) is 0. The van der Waals surface area contributed by atoms with Gasteiger partial charge in [-0.2, -0.15) is 0 Å². The van der Waals surface area contributed by atoms with E-state index in [-0.39, 0.29) is 5.92 Å².